The summed E-state index contributed by atoms with van der Waals surface area (Å²) in [4.78, 5) is 27.8. The van der Waals surface area contributed by atoms with Crippen LogP contribution in [0.4, 0.5) is 0 Å². The van der Waals surface area contributed by atoms with E-state index in [9.17, 15) is 9.59 Å². The molecule has 1 fully saturated rings. The van der Waals surface area contributed by atoms with E-state index in [-0.39, 0.29) is 11.8 Å². The zero-order chi connectivity index (χ0) is 17.4. The monoisotopic (exact) mass is 335 g/mol. The van der Waals surface area contributed by atoms with Crippen molar-refractivity contribution in [1.29, 1.82) is 0 Å². The molecule has 7 heteroatoms. The number of amides is 2. The highest BCUT2D eigenvalue weighted by atomic mass is 16.5. The van der Waals surface area contributed by atoms with Crippen molar-refractivity contribution < 1.29 is 18.7 Å². The molecular weight excluding hydrogens is 310 g/mol. The van der Waals surface area contributed by atoms with Gasteiger partial charge in [-0.1, -0.05) is 0 Å². The Morgan fingerprint density at radius 3 is 2.67 bits per heavy atom. The number of nitrogens with zero attached hydrogens (tertiary/aromatic N) is 2. The fourth-order valence-corrected chi connectivity index (χ4v) is 2.48. The third kappa shape index (κ3) is 5.82. The quantitative estimate of drug-likeness (QED) is 0.580. The maximum atomic E-state index is 12.2. The molecule has 0 saturated carbocycles. The van der Waals surface area contributed by atoms with Gasteiger partial charge in [0.25, 0.3) is 0 Å². The summed E-state index contributed by atoms with van der Waals surface area (Å²) in [5, 5.41) is 2.80. The molecule has 24 heavy (non-hydrogen) atoms. The van der Waals surface area contributed by atoms with E-state index in [1.165, 1.54) is 6.08 Å². The number of nitrogens with one attached hydrogen (secondary N) is 1. The molecule has 0 unspecified atom stereocenters. The van der Waals surface area contributed by atoms with Crippen LogP contribution in [0.25, 0.3) is 6.08 Å². The molecule has 1 aromatic rings. The van der Waals surface area contributed by atoms with Crippen molar-refractivity contribution in [2.24, 2.45) is 0 Å². The largest absolute Gasteiger partial charge is 0.462 e. The number of aryl methyl sites for hydroxylation is 1. The van der Waals surface area contributed by atoms with Crippen LogP contribution >= 0.6 is 0 Å². The molecule has 0 radical (unpaired) electrons. The Hall–Kier alpha value is -2.12. The molecule has 2 heterocycles. The first-order chi connectivity index (χ1) is 11.6. The predicted octanol–water partition coefficient (Wildman–Crippen LogP) is 0.508. The van der Waals surface area contributed by atoms with Crippen molar-refractivity contribution in [2.75, 3.05) is 53.0 Å². The number of methoxy groups -OCH3 is 1. The van der Waals surface area contributed by atoms with Crippen LogP contribution in [0.15, 0.2) is 22.6 Å². The minimum Gasteiger partial charge on any atom is -0.462 e. The number of carbonyl (C=O) groups is 2. The Balaban J connectivity index is 1.71. The van der Waals surface area contributed by atoms with Gasteiger partial charge in [-0.15, -0.1) is 0 Å². The summed E-state index contributed by atoms with van der Waals surface area (Å²) in [6, 6.07) is 3.69. The first-order valence-electron chi connectivity index (χ1n) is 8.10. The summed E-state index contributed by atoms with van der Waals surface area (Å²) in [6.07, 6.45) is 3.22. The highest BCUT2D eigenvalue weighted by Gasteiger charge is 2.21. The lowest BCUT2D eigenvalue weighted by Gasteiger charge is -2.33. The average molecular weight is 335 g/mol. The van der Waals surface area contributed by atoms with Crippen LogP contribution in [-0.4, -0.2) is 74.6 Å². The third-order valence-corrected chi connectivity index (χ3v) is 3.83. The van der Waals surface area contributed by atoms with Gasteiger partial charge in [0.05, 0.1) is 13.2 Å². The zero-order valence-electron chi connectivity index (χ0n) is 14.3. The summed E-state index contributed by atoms with van der Waals surface area (Å²) < 4.78 is 10.3. The van der Waals surface area contributed by atoms with Crippen molar-refractivity contribution in [2.45, 2.75) is 6.92 Å². The molecule has 2 rings (SSSR count). The lowest BCUT2D eigenvalue weighted by molar-refractivity contribution is -0.128. The molecule has 1 saturated heterocycles. The molecular formula is C17H25N3O4. The highest BCUT2D eigenvalue weighted by Crippen LogP contribution is 2.09. The second-order valence-corrected chi connectivity index (χ2v) is 5.73. The maximum Gasteiger partial charge on any atom is 0.246 e. The van der Waals surface area contributed by atoms with Crippen LogP contribution < -0.4 is 5.32 Å². The molecule has 1 aliphatic rings. The van der Waals surface area contributed by atoms with Crippen molar-refractivity contribution in [3.63, 3.8) is 0 Å². The van der Waals surface area contributed by atoms with Gasteiger partial charge >= 0.3 is 0 Å². The van der Waals surface area contributed by atoms with Crippen molar-refractivity contribution in [3.8, 4) is 0 Å². The van der Waals surface area contributed by atoms with E-state index >= 15 is 0 Å². The van der Waals surface area contributed by atoms with Gasteiger partial charge in [-0.25, -0.2) is 0 Å². The predicted molar refractivity (Wildman–Crippen MR) is 90.4 cm³/mol. The van der Waals surface area contributed by atoms with E-state index in [4.69, 9.17) is 9.15 Å². The van der Waals surface area contributed by atoms with E-state index in [1.807, 2.05) is 24.0 Å². The lowest BCUT2D eigenvalue weighted by atomic mass is 10.3. The number of ether oxygens (including phenoxy) is 1. The zero-order valence-corrected chi connectivity index (χ0v) is 14.3. The molecule has 1 aromatic heterocycles. The summed E-state index contributed by atoms with van der Waals surface area (Å²) in [7, 11) is 1.60. The van der Waals surface area contributed by atoms with E-state index in [1.54, 1.807) is 18.1 Å². The van der Waals surface area contributed by atoms with Gasteiger partial charge in [-0.05, 0) is 25.1 Å². The molecule has 132 valence electrons. The number of hydrogen-bond acceptors (Lipinski definition) is 5. The Bertz CT molecular complexity index is 574. The Labute approximate surface area is 142 Å². The molecule has 1 N–H and O–H groups in total. The van der Waals surface area contributed by atoms with E-state index in [2.05, 4.69) is 5.32 Å². The van der Waals surface area contributed by atoms with Crippen molar-refractivity contribution in [3.05, 3.63) is 29.7 Å². The van der Waals surface area contributed by atoms with Gasteiger partial charge < -0.3 is 19.4 Å². The number of carbonyl (C=O) groups excluding carboxylic acids is 2. The van der Waals surface area contributed by atoms with Crippen molar-refractivity contribution >= 4 is 17.9 Å². The number of furan rings is 1. The van der Waals surface area contributed by atoms with Crippen LogP contribution in [0.3, 0.4) is 0 Å². The highest BCUT2D eigenvalue weighted by molar-refractivity contribution is 5.91. The fraction of sp³-hybridized carbons (Fsp3) is 0.529. The fourth-order valence-electron chi connectivity index (χ4n) is 2.48. The normalized spacial score (nSPS) is 15.8. The molecule has 0 spiro atoms. The van der Waals surface area contributed by atoms with Gasteiger partial charge in [-0.3, -0.25) is 14.5 Å². The maximum absolute atomic E-state index is 12.2. The van der Waals surface area contributed by atoms with E-state index in [0.717, 1.165) is 5.76 Å². The lowest BCUT2D eigenvalue weighted by Crippen LogP contribution is -2.51. The SMILES string of the molecule is COCCNC(=O)CN1CCN(C(=O)/C=C\c2ccc(C)o2)CC1. The van der Waals surface area contributed by atoms with Gasteiger partial charge in [0.1, 0.15) is 11.5 Å². The molecule has 1 aliphatic heterocycles. The number of piperazine rings is 1. The summed E-state index contributed by atoms with van der Waals surface area (Å²) in [5.41, 5.74) is 0. The molecule has 0 bridgehead atoms. The summed E-state index contributed by atoms with van der Waals surface area (Å²) in [5.74, 6) is 1.44. The Kier molecular flexibility index (Phi) is 7.02. The summed E-state index contributed by atoms with van der Waals surface area (Å²) in [6.45, 7) is 5.86. The average Bonchev–Trinajstić information content (AvgIpc) is 2.99. The van der Waals surface area contributed by atoms with Gasteiger partial charge in [0.2, 0.25) is 11.8 Å². The van der Waals surface area contributed by atoms with Crippen LogP contribution in [0.5, 0.6) is 0 Å². The second-order valence-electron chi connectivity index (χ2n) is 5.73. The van der Waals surface area contributed by atoms with Gasteiger partial charge in [-0.2, -0.15) is 0 Å². The molecule has 2 amide bonds. The molecule has 0 aliphatic carbocycles. The minimum atomic E-state index is -0.0340. The number of hydrogen-bond donors (Lipinski definition) is 1. The standard InChI is InChI=1S/C17H25N3O4/c1-14-3-4-15(24-14)5-6-17(22)20-10-8-19(9-11-20)13-16(21)18-7-12-23-2/h3-6H,7-13H2,1-2H3,(H,18,21)/b6-5-. The number of rotatable bonds is 7. The first-order valence-corrected chi connectivity index (χ1v) is 8.10. The van der Waals surface area contributed by atoms with Crippen molar-refractivity contribution in [1.82, 2.24) is 15.1 Å². The Morgan fingerprint density at radius 1 is 1.29 bits per heavy atom. The van der Waals surface area contributed by atoms with E-state index < -0.39 is 0 Å². The topological polar surface area (TPSA) is 75.0 Å². The second kappa shape index (κ2) is 9.24. The summed E-state index contributed by atoms with van der Waals surface area (Å²) >= 11 is 0. The van der Waals surface area contributed by atoms with E-state index in [0.29, 0.717) is 51.6 Å². The van der Waals surface area contributed by atoms with Crippen LogP contribution in [0.2, 0.25) is 0 Å². The molecule has 0 aromatic carbocycles. The Morgan fingerprint density at radius 2 is 2.04 bits per heavy atom. The van der Waals surface area contributed by atoms with Crippen LogP contribution in [0.1, 0.15) is 11.5 Å². The molecule has 7 nitrogen and oxygen atoms in total. The van der Waals surface area contributed by atoms with Crippen LogP contribution in [0, 0.1) is 6.92 Å². The van der Waals surface area contributed by atoms with Gasteiger partial charge in [0.15, 0.2) is 0 Å². The first kappa shape index (κ1) is 18.2. The molecule has 0 atom stereocenters. The van der Waals surface area contributed by atoms with Crippen LogP contribution in [-0.2, 0) is 14.3 Å². The minimum absolute atomic E-state index is 0.0140. The third-order valence-electron chi connectivity index (χ3n) is 3.83. The van der Waals surface area contributed by atoms with Gasteiger partial charge in [0, 0.05) is 45.9 Å². The smallest absolute Gasteiger partial charge is 0.246 e.